The van der Waals surface area contributed by atoms with Crippen LogP contribution in [-0.4, -0.2) is 61.2 Å². The lowest BCUT2D eigenvalue weighted by Gasteiger charge is -2.36. The van der Waals surface area contributed by atoms with Crippen molar-refractivity contribution in [3.8, 4) is 5.75 Å². The first-order valence-electron chi connectivity index (χ1n) is 9.06. The number of aliphatic hydroxyl groups is 1. The van der Waals surface area contributed by atoms with Gasteiger partial charge in [0.05, 0.1) is 0 Å². The fourth-order valence-electron chi connectivity index (χ4n) is 3.16. The summed E-state index contributed by atoms with van der Waals surface area (Å²) in [7, 11) is 0. The van der Waals surface area contributed by atoms with E-state index >= 15 is 0 Å². The molecule has 1 heterocycles. The lowest BCUT2D eigenvalue weighted by atomic mass is 10.1. The number of ketones is 1. The number of nitrogens with zero attached hydrogens (tertiary/aromatic N) is 2. The molecule has 1 atom stereocenters. The summed E-state index contributed by atoms with van der Waals surface area (Å²) in [5.41, 5.74) is 1.89. The molecule has 0 aromatic heterocycles. The number of ether oxygens (including phenoxy) is 1. The Hall–Kier alpha value is -2.37. The number of para-hydroxylation sites is 1. The highest BCUT2D eigenvalue weighted by Gasteiger charge is 2.20. The maximum atomic E-state index is 11.4. The topological polar surface area (TPSA) is 53.0 Å². The first-order chi connectivity index (χ1) is 12.6. The Kier molecular flexibility index (Phi) is 6.26. The molecule has 0 amide bonds. The van der Waals surface area contributed by atoms with Gasteiger partial charge in [0.25, 0.3) is 0 Å². The number of carbonyl (C=O) groups is 1. The molecule has 1 aliphatic heterocycles. The first kappa shape index (κ1) is 18.4. The summed E-state index contributed by atoms with van der Waals surface area (Å²) in [6.07, 6.45) is -0.503. The molecule has 1 fully saturated rings. The molecule has 1 unspecified atom stereocenters. The molecular formula is C21H26N2O3. The first-order valence-corrected chi connectivity index (χ1v) is 9.06. The van der Waals surface area contributed by atoms with E-state index in [-0.39, 0.29) is 5.78 Å². The van der Waals surface area contributed by atoms with Crippen molar-refractivity contribution in [1.82, 2.24) is 4.90 Å². The summed E-state index contributed by atoms with van der Waals surface area (Å²) in [4.78, 5) is 15.9. The van der Waals surface area contributed by atoms with Gasteiger partial charge < -0.3 is 14.7 Å². The Balaban J connectivity index is 1.42. The molecule has 138 valence electrons. The molecule has 1 aliphatic rings. The number of anilines is 1. The monoisotopic (exact) mass is 354 g/mol. The van der Waals surface area contributed by atoms with Crippen molar-refractivity contribution < 1.29 is 14.6 Å². The van der Waals surface area contributed by atoms with Crippen LogP contribution < -0.4 is 9.64 Å². The largest absolute Gasteiger partial charge is 0.491 e. The van der Waals surface area contributed by atoms with Crippen LogP contribution in [0.5, 0.6) is 5.75 Å². The molecule has 2 aromatic carbocycles. The minimum absolute atomic E-state index is 0.0908. The van der Waals surface area contributed by atoms with Crippen LogP contribution in [0.2, 0.25) is 0 Å². The van der Waals surface area contributed by atoms with Gasteiger partial charge in [-0.25, -0.2) is 0 Å². The molecule has 1 saturated heterocycles. The van der Waals surface area contributed by atoms with E-state index in [1.165, 1.54) is 0 Å². The number of benzene rings is 2. The normalized spacial score (nSPS) is 16.3. The van der Waals surface area contributed by atoms with Crippen LogP contribution in [0.25, 0.3) is 0 Å². The van der Waals surface area contributed by atoms with Gasteiger partial charge in [-0.05, 0) is 43.3 Å². The van der Waals surface area contributed by atoms with Crippen LogP contribution in [0.4, 0.5) is 5.69 Å². The molecule has 0 radical (unpaired) electrons. The molecule has 5 nitrogen and oxygen atoms in total. The highest BCUT2D eigenvalue weighted by molar-refractivity contribution is 5.94. The van der Waals surface area contributed by atoms with Crippen LogP contribution in [-0.2, 0) is 0 Å². The van der Waals surface area contributed by atoms with E-state index in [4.69, 9.17) is 4.74 Å². The molecule has 3 rings (SSSR count). The van der Waals surface area contributed by atoms with E-state index in [9.17, 15) is 9.90 Å². The number of piperazine rings is 1. The molecule has 0 aliphatic carbocycles. The van der Waals surface area contributed by atoms with Gasteiger partial charge in [-0.15, -0.1) is 0 Å². The van der Waals surface area contributed by atoms with E-state index in [1.807, 2.05) is 54.6 Å². The van der Waals surface area contributed by atoms with Gasteiger partial charge in [0.2, 0.25) is 0 Å². The van der Waals surface area contributed by atoms with Gasteiger partial charge in [-0.2, -0.15) is 0 Å². The third kappa shape index (κ3) is 5.07. The number of aliphatic hydroxyl groups excluding tert-OH is 1. The second-order valence-corrected chi connectivity index (χ2v) is 6.67. The van der Waals surface area contributed by atoms with Crippen molar-refractivity contribution in [2.75, 3.05) is 44.2 Å². The van der Waals surface area contributed by atoms with Gasteiger partial charge in [0.15, 0.2) is 5.78 Å². The zero-order valence-electron chi connectivity index (χ0n) is 15.2. The van der Waals surface area contributed by atoms with Crippen molar-refractivity contribution >= 4 is 11.5 Å². The predicted molar refractivity (Wildman–Crippen MR) is 103 cm³/mol. The van der Waals surface area contributed by atoms with Crippen molar-refractivity contribution in [3.63, 3.8) is 0 Å². The van der Waals surface area contributed by atoms with E-state index in [0.29, 0.717) is 13.2 Å². The zero-order valence-corrected chi connectivity index (χ0v) is 15.2. The van der Waals surface area contributed by atoms with Crippen LogP contribution in [0.3, 0.4) is 0 Å². The summed E-state index contributed by atoms with van der Waals surface area (Å²) in [6, 6.07) is 17.4. The van der Waals surface area contributed by atoms with E-state index in [1.54, 1.807) is 6.92 Å². The lowest BCUT2D eigenvalue weighted by molar-refractivity contribution is 0.0663. The second-order valence-electron chi connectivity index (χ2n) is 6.67. The number of hydrogen-bond donors (Lipinski definition) is 1. The summed E-state index contributed by atoms with van der Waals surface area (Å²) in [5.74, 6) is 0.874. The molecule has 0 saturated carbocycles. The standard InChI is InChI=1S/C21H26N2O3/c1-17(24)18-7-9-19(10-8-18)23-13-11-22(12-14-23)15-20(25)16-26-21-5-3-2-4-6-21/h2-10,20,25H,11-16H2,1H3. The smallest absolute Gasteiger partial charge is 0.159 e. The Morgan fingerprint density at radius 1 is 1.04 bits per heavy atom. The van der Waals surface area contributed by atoms with Crippen LogP contribution in [0.1, 0.15) is 17.3 Å². The molecule has 5 heteroatoms. The van der Waals surface area contributed by atoms with Crippen molar-refractivity contribution in [1.29, 1.82) is 0 Å². The van der Waals surface area contributed by atoms with Crippen LogP contribution in [0.15, 0.2) is 54.6 Å². The molecule has 26 heavy (non-hydrogen) atoms. The summed E-state index contributed by atoms with van der Waals surface area (Å²) in [5, 5.41) is 10.2. The molecule has 1 N–H and O–H groups in total. The number of carbonyl (C=O) groups excluding carboxylic acids is 1. The average molecular weight is 354 g/mol. The summed E-state index contributed by atoms with van der Waals surface area (Å²) >= 11 is 0. The predicted octanol–water partition coefficient (Wildman–Crippen LogP) is 2.45. The van der Waals surface area contributed by atoms with Gasteiger partial charge in [-0.3, -0.25) is 9.69 Å². The van der Waals surface area contributed by atoms with E-state index in [0.717, 1.165) is 43.2 Å². The average Bonchev–Trinajstić information content (AvgIpc) is 2.68. The zero-order chi connectivity index (χ0) is 18.4. The maximum absolute atomic E-state index is 11.4. The summed E-state index contributed by atoms with van der Waals surface area (Å²) in [6.45, 7) is 6.12. The van der Waals surface area contributed by atoms with Crippen molar-refractivity contribution in [2.45, 2.75) is 13.0 Å². The fraction of sp³-hybridized carbons (Fsp3) is 0.381. The van der Waals surface area contributed by atoms with Crippen molar-refractivity contribution in [2.24, 2.45) is 0 Å². The quantitative estimate of drug-likeness (QED) is 0.774. The maximum Gasteiger partial charge on any atom is 0.159 e. The van der Waals surface area contributed by atoms with Gasteiger partial charge in [-0.1, -0.05) is 18.2 Å². The highest BCUT2D eigenvalue weighted by Crippen LogP contribution is 2.18. The Morgan fingerprint density at radius 3 is 2.31 bits per heavy atom. The van der Waals surface area contributed by atoms with Gasteiger partial charge in [0.1, 0.15) is 18.5 Å². The minimum atomic E-state index is -0.503. The summed E-state index contributed by atoms with van der Waals surface area (Å²) < 4.78 is 5.62. The van der Waals surface area contributed by atoms with Gasteiger partial charge >= 0.3 is 0 Å². The highest BCUT2D eigenvalue weighted by atomic mass is 16.5. The Morgan fingerprint density at radius 2 is 1.69 bits per heavy atom. The van der Waals surface area contributed by atoms with Gasteiger partial charge in [0, 0.05) is 44.0 Å². The molecule has 2 aromatic rings. The second kappa shape index (κ2) is 8.83. The lowest BCUT2D eigenvalue weighted by Crippen LogP contribution is -2.49. The number of rotatable bonds is 7. The molecule has 0 spiro atoms. The van der Waals surface area contributed by atoms with Crippen molar-refractivity contribution in [3.05, 3.63) is 60.2 Å². The third-order valence-electron chi connectivity index (χ3n) is 4.67. The van der Waals surface area contributed by atoms with Crippen LogP contribution >= 0.6 is 0 Å². The van der Waals surface area contributed by atoms with Crippen LogP contribution in [0, 0.1) is 0 Å². The van der Waals surface area contributed by atoms with E-state index in [2.05, 4.69) is 9.80 Å². The Labute approximate surface area is 154 Å². The SMILES string of the molecule is CC(=O)c1ccc(N2CCN(CC(O)COc3ccccc3)CC2)cc1. The fourth-order valence-corrected chi connectivity index (χ4v) is 3.16. The minimum Gasteiger partial charge on any atom is -0.491 e. The third-order valence-corrected chi connectivity index (χ3v) is 4.67. The number of β-amino-alcohol motifs (C(OH)–C–C–N with tert-alkyl or cyclic N) is 1. The molecular weight excluding hydrogens is 328 g/mol. The number of Topliss-reactive ketones (excluding diaryl/α,β-unsaturated/α-hetero) is 1. The number of hydrogen-bond acceptors (Lipinski definition) is 5. The Bertz CT molecular complexity index is 695. The van der Waals surface area contributed by atoms with E-state index < -0.39 is 6.10 Å². The molecule has 0 bridgehead atoms.